The van der Waals surface area contributed by atoms with Gasteiger partial charge in [-0.1, -0.05) is 33.1 Å². The van der Waals surface area contributed by atoms with E-state index in [1.807, 2.05) is 0 Å². The predicted octanol–water partition coefficient (Wildman–Crippen LogP) is 1.66. The first kappa shape index (κ1) is 13.3. The fourth-order valence-electron chi connectivity index (χ4n) is 3.22. The molecule has 1 saturated carbocycles. The number of rotatable bonds is 2. The molecule has 1 aliphatic carbocycles. The van der Waals surface area contributed by atoms with Crippen LogP contribution in [-0.2, 0) is 0 Å². The van der Waals surface area contributed by atoms with Gasteiger partial charge in [-0.3, -0.25) is 0 Å². The smallest absolute Gasteiger partial charge is 0.0693 e. The Hall–Kier alpha value is -0.120. The van der Waals surface area contributed by atoms with Gasteiger partial charge in [0.15, 0.2) is 0 Å². The second-order valence-corrected chi connectivity index (χ2v) is 6.49. The van der Waals surface area contributed by atoms with Gasteiger partial charge in [-0.05, 0) is 31.2 Å². The third kappa shape index (κ3) is 3.43. The van der Waals surface area contributed by atoms with Crippen LogP contribution in [-0.4, -0.2) is 36.4 Å². The van der Waals surface area contributed by atoms with Gasteiger partial charge in [-0.25, -0.2) is 0 Å². The van der Waals surface area contributed by atoms with Crippen LogP contribution in [0.15, 0.2) is 0 Å². The van der Waals surface area contributed by atoms with Crippen LogP contribution in [0.1, 0.15) is 52.4 Å². The Kier molecular flexibility index (Phi) is 4.45. The predicted molar refractivity (Wildman–Crippen MR) is 71.1 cm³/mol. The van der Waals surface area contributed by atoms with E-state index in [1.165, 1.54) is 25.7 Å². The van der Waals surface area contributed by atoms with Crippen LogP contribution in [0.3, 0.4) is 0 Å². The van der Waals surface area contributed by atoms with Gasteiger partial charge in [0.2, 0.25) is 0 Å². The molecule has 3 heteroatoms. The highest BCUT2D eigenvalue weighted by Gasteiger charge is 2.34. The van der Waals surface area contributed by atoms with Crippen LogP contribution < -0.4 is 10.6 Å². The molecule has 0 aromatic rings. The summed E-state index contributed by atoms with van der Waals surface area (Å²) >= 11 is 0. The maximum atomic E-state index is 10.2. The van der Waals surface area contributed by atoms with Crippen LogP contribution in [0.25, 0.3) is 0 Å². The summed E-state index contributed by atoms with van der Waals surface area (Å²) in [6.07, 6.45) is 6.89. The van der Waals surface area contributed by atoms with Gasteiger partial charge >= 0.3 is 0 Å². The van der Waals surface area contributed by atoms with Crippen molar-refractivity contribution in [1.82, 2.24) is 10.6 Å². The van der Waals surface area contributed by atoms with Crippen molar-refractivity contribution in [3.05, 3.63) is 0 Å². The molecule has 1 saturated heterocycles. The minimum atomic E-state index is -0.136. The fraction of sp³-hybridized carbons (Fsp3) is 1.00. The summed E-state index contributed by atoms with van der Waals surface area (Å²) in [5.74, 6) is 0. The molecule has 0 aromatic carbocycles. The zero-order chi connectivity index (χ0) is 12.3. The van der Waals surface area contributed by atoms with Gasteiger partial charge in [-0.15, -0.1) is 0 Å². The Balaban J connectivity index is 1.93. The summed E-state index contributed by atoms with van der Waals surface area (Å²) in [7, 11) is 0. The number of piperidine rings is 1. The first-order valence-electron chi connectivity index (χ1n) is 7.24. The van der Waals surface area contributed by atoms with E-state index in [4.69, 9.17) is 0 Å². The van der Waals surface area contributed by atoms with E-state index >= 15 is 0 Å². The lowest BCUT2D eigenvalue weighted by molar-refractivity contribution is 0.0871. The Bertz CT molecular complexity index is 242. The molecule has 1 aliphatic heterocycles. The van der Waals surface area contributed by atoms with Gasteiger partial charge in [0.25, 0.3) is 0 Å². The van der Waals surface area contributed by atoms with Crippen molar-refractivity contribution in [1.29, 1.82) is 0 Å². The van der Waals surface area contributed by atoms with Crippen molar-refractivity contribution in [3.63, 3.8) is 0 Å². The van der Waals surface area contributed by atoms with Crippen LogP contribution in [0.2, 0.25) is 0 Å². The highest BCUT2D eigenvalue weighted by molar-refractivity contribution is 4.93. The number of aliphatic hydroxyl groups is 1. The number of nitrogens with one attached hydrogen (secondary N) is 2. The minimum Gasteiger partial charge on any atom is -0.392 e. The van der Waals surface area contributed by atoms with Gasteiger partial charge in [0, 0.05) is 18.6 Å². The highest BCUT2D eigenvalue weighted by Crippen LogP contribution is 2.27. The molecule has 2 rings (SSSR count). The normalized spacial score (nSPS) is 38.6. The van der Waals surface area contributed by atoms with Gasteiger partial charge in [0.05, 0.1) is 6.10 Å². The molecule has 3 unspecified atom stereocenters. The van der Waals surface area contributed by atoms with E-state index < -0.39 is 0 Å². The molecular weight excluding hydrogens is 212 g/mol. The van der Waals surface area contributed by atoms with E-state index in [0.717, 1.165) is 25.9 Å². The van der Waals surface area contributed by atoms with Crippen molar-refractivity contribution in [2.75, 3.05) is 13.1 Å². The van der Waals surface area contributed by atoms with Crippen molar-refractivity contribution in [3.8, 4) is 0 Å². The summed E-state index contributed by atoms with van der Waals surface area (Å²) in [5, 5.41) is 17.4. The Morgan fingerprint density at radius 3 is 2.65 bits per heavy atom. The average Bonchev–Trinajstić information content (AvgIpc) is 2.47. The van der Waals surface area contributed by atoms with Gasteiger partial charge < -0.3 is 15.7 Å². The molecule has 2 fully saturated rings. The Labute approximate surface area is 105 Å². The first-order chi connectivity index (χ1) is 8.09. The van der Waals surface area contributed by atoms with Crippen molar-refractivity contribution < 1.29 is 5.11 Å². The second-order valence-electron chi connectivity index (χ2n) is 6.49. The molecule has 3 N–H and O–H groups in total. The Morgan fingerprint density at radius 1 is 1.12 bits per heavy atom. The summed E-state index contributed by atoms with van der Waals surface area (Å²) in [4.78, 5) is 0. The van der Waals surface area contributed by atoms with Gasteiger partial charge in [0.1, 0.15) is 0 Å². The van der Waals surface area contributed by atoms with Crippen LogP contribution >= 0.6 is 0 Å². The minimum absolute atomic E-state index is 0.136. The topological polar surface area (TPSA) is 44.3 Å². The molecule has 1 heterocycles. The molecule has 3 nitrogen and oxygen atoms in total. The van der Waals surface area contributed by atoms with E-state index in [9.17, 15) is 5.11 Å². The molecule has 0 radical (unpaired) electrons. The number of hydrogen-bond donors (Lipinski definition) is 3. The number of hydrogen-bond acceptors (Lipinski definition) is 3. The lowest BCUT2D eigenvalue weighted by Crippen LogP contribution is -2.57. The lowest BCUT2D eigenvalue weighted by Gasteiger charge is -2.42. The SMILES string of the molecule is CC1(C)CNCCC1NC1CCCCCC1O. The largest absolute Gasteiger partial charge is 0.392 e. The molecular formula is C14H28N2O. The highest BCUT2D eigenvalue weighted by atomic mass is 16.3. The van der Waals surface area contributed by atoms with Crippen LogP contribution in [0.5, 0.6) is 0 Å². The van der Waals surface area contributed by atoms with E-state index in [1.54, 1.807) is 0 Å². The molecule has 0 amide bonds. The Morgan fingerprint density at radius 2 is 1.88 bits per heavy atom. The zero-order valence-electron chi connectivity index (χ0n) is 11.3. The van der Waals surface area contributed by atoms with Crippen LogP contribution in [0, 0.1) is 5.41 Å². The lowest BCUT2D eigenvalue weighted by atomic mass is 9.79. The third-order valence-corrected chi connectivity index (χ3v) is 4.53. The maximum Gasteiger partial charge on any atom is 0.0693 e. The fourth-order valence-corrected chi connectivity index (χ4v) is 3.22. The molecule has 3 atom stereocenters. The maximum absolute atomic E-state index is 10.2. The molecule has 0 bridgehead atoms. The molecule has 0 spiro atoms. The molecule has 17 heavy (non-hydrogen) atoms. The van der Waals surface area contributed by atoms with Crippen LogP contribution in [0.4, 0.5) is 0 Å². The number of aliphatic hydroxyl groups excluding tert-OH is 1. The van der Waals surface area contributed by atoms with Gasteiger partial charge in [-0.2, -0.15) is 0 Å². The second kappa shape index (κ2) is 5.68. The van der Waals surface area contributed by atoms with Crippen molar-refractivity contribution >= 4 is 0 Å². The molecule has 0 aromatic heterocycles. The summed E-state index contributed by atoms with van der Waals surface area (Å²) in [5.41, 5.74) is 0.296. The van der Waals surface area contributed by atoms with Crippen molar-refractivity contribution in [2.45, 2.75) is 70.6 Å². The van der Waals surface area contributed by atoms with E-state index in [0.29, 0.717) is 17.5 Å². The van der Waals surface area contributed by atoms with E-state index in [2.05, 4.69) is 24.5 Å². The summed E-state index contributed by atoms with van der Waals surface area (Å²) in [6, 6.07) is 0.862. The quantitative estimate of drug-likeness (QED) is 0.643. The molecule has 2 aliphatic rings. The average molecular weight is 240 g/mol. The third-order valence-electron chi connectivity index (χ3n) is 4.53. The molecule has 100 valence electrons. The van der Waals surface area contributed by atoms with E-state index in [-0.39, 0.29) is 6.10 Å². The monoisotopic (exact) mass is 240 g/mol. The summed E-state index contributed by atoms with van der Waals surface area (Å²) in [6.45, 7) is 6.82. The standard InChI is InChI=1S/C14H28N2O/c1-14(2)10-15-9-8-13(14)16-11-6-4-3-5-7-12(11)17/h11-13,15-17H,3-10H2,1-2H3. The summed E-state index contributed by atoms with van der Waals surface area (Å²) < 4.78 is 0. The van der Waals surface area contributed by atoms with Crippen molar-refractivity contribution in [2.24, 2.45) is 5.41 Å². The first-order valence-corrected chi connectivity index (χ1v) is 7.24. The zero-order valence-corrected chi connectivity index (χ0v) is 11.3.